The van der Waals surface area contributed by atoms with Crippen LogP contribution in [0.2, 0.25) is 0 Å². The molecule has 1 saturated heterocycles. The van der Waals surface area contributed by atoms with Crippen molar-refractivity contribution in [1.29, 1.82) is 0 Å². The molecule has 1 N–H and O–H groups in total. The van der Waals surface area contributed by atoms with Crippen LogP contribution in [0.25, 0.3) is 0 Å². The molecule has 0 spiro atoms. The van der Waals surface area contributed by atoms with Gasteiger partial charge in [0.1, 0.15) is 5.82 Å². The van der Waals surface area contributed by atoms with Crippen molar-refractivity contribution in [1.82, 2.24) is 14.9 Å². The molecule has 164 valence electrons. The summed E-state index contributed by atoms with van der Waals surface area (Å²) in [5.74, 6) is 2.32. The van der Waals surface area contributed by atoms with Crippen LogP contribution in [0.3, 0.4) is 0 Å². The smallest absolute Gasteiger partial charge is 0.226 e. The molecular formula is C25H43N3O. The largest absolute Gasteiger partial charge is 0.344 e. The number of carbonyl (C=O) groups excluding carboxylic acids is 1. The summed E-state index contributed by atoms with van der Waals surface area (Å²) in [6, 6.07) is 0.209. The summed E-state index contributed by atoms with van der Waals surface area (Å²) in [5, 5.41) is 0. The topological polar surface area (TPSA) is 49.0 Å². The van der Waals surface area contributed by atoms with Crippen molar-refractivity contribution in [2.45, 2.75) is 122 Å². The molecule has 1 aliphatic carbocycles. The van der Waals surface area contributed by atoms with E-state index in [0.717, 1.165) is 32.2 Å². The third kappa shape index (κ3) is 6.08. The molecule has 1 aromatic heterocycles. The van der Waals surface area contributed by atoms with Crippen LogP contribution in [0, 0.1) is 5.92 Å². The molecule has 4 nitrogen and oxygen atoms in total. The molecule has 2 fully saturated rings. The maximum Gasteiger partial charge on any atom is 0.226 e. The Kier molecular flexibility index (Phi) is 9.07. The van der Waals surface area contributed by atoms with E-state index in [9.17, 15) is 4.79 Å². The van der Waals surface area contributed by atoms with Gasteiger partial charge in [-0.15, -0.1) is 0 Å². The summed E-state index contributed by atoms with van der Waals surface area (Å²) >= 11 is 0. The van der Waals surface area contributed by atoms with Crippen LogP contribution in [0.4, 0.5) is 0 Å². The summed E-state index contributed by atoms with van der Waals surface area (Å²) in [6.07, 6.45) is 20.5. The van der Waals surface area contributed by atoms with Crippen LogP contribution < -0.4 is 0 Å². The molecule has 1 saturated carbocycles. The molecular weight excluding hydrogens is 358 g/mol. The Morgan fingerprint density at radius 2 is 1.79 bits per heavy atom. The summed E-state index contributed by atoms with van der Waals surface area (Å²) in [4.78, 5) is 23.9. The maximum atomic E-state index is 13.3. The van der Waals surface area contributed by atoms with E-state index < -0.39 is 0 Å². The first-order valence-electron chi connectivity index (χ1n) is 12.6. The van der Waals surface area contributed by atoms with Crippen molar-refractivity contribution in [2.75, 3.05) is 6.54 Å². The molecule has 3 rings (SSSR count). The van der Waals surface area contributed by atoms with E-state index in [2.05, 4.69) is 23.7 Å². The lowest BCUT2D eigenvalue weighted by molar-refractivity contribution is -0.137. The van der Waals surface area contributed by atoms with Crippen molar-refractivity contribution in [3.8, 4) is 0 Å². The summed E-state index contributed by atoms with van der Waals surface area (Å²) in [5.41, 5.74) is 1.18. The van der Waals surface area contributed by atoms with E-state index in [-0.39, 0.29) is 12.0 Å². The Labute approximate surface area is 178 Å². The quantitative estimate of drug-likeness (QED) is 0.482. The average molecular weight is 402 g/mol. The minimum absolute atomic E-state index is 0.193. The molecule has 0 aromatic carbocycles. The predicted molar refractivity (Wildman–Crippen MR) is 120 cm³/mol. The fourth-order valence-electron chi connectivity index (χ4n) is 5.37. The molecule has 2 atom stereocenters. The fraction of sp³-hybridized carbons (Fsp3) is 0.840. The van der Waals surface area contributed by atoms with Crippen LogP contribution in [0.5, 0.6) is 0 Å². The fourth-order valence-corrected chi connectivity index (χ4v) is 5.37. The van der Waals surface area contributed by atoms with E-state index in [4.69, 9.17) is 4.98 Å². The van der Waals surface area contributed by atoms with Crippen molar-refractivity contribution >= 4 is 5.91 Å². The van der Waals surface area contributed by atoms with Crippen molar-refractivity contribution in [2.24, 2.45) is 5.92 Å². The standard InChI is InChI=1S/C25H43N3O/c1-3-5-10-14-20(4-2)25(29)28-18-13-17-23(28)22-19-26-24(27-22)21-15-11-8-6-7-9-12-16-21/h19-21,23H,3-18H2,1-2H3,(H,26,27). The number of amides is 1. The number of aromatic nitrogens is 2. The third-order valence-electron chi connectivity index (χ3n) is 7.25. The lowest BCUT2D eigenvalue weighted by Crippen LogP contribution is -2.35. The maximum absolute atomic E-state index is 13.3. The van der Waals surface area contributed by atoms with Gasteiger partial charge in [-0.1, -0.05) is 71.6 Å². The van der Waals surface area contributed by atoms with E-state index >= 15 is 0 Å². The normalized spacial score (nSPS) is 22.8. The van der Waals surface area contributed by atoms with Gasteiger partial charge in [0, 0.05) is 18.4 Å². The number of H-pyrrole nitrogens is 1. The van der Waals surface area contributed by atoms with Gasteiger partial charge in [-0.3, -0.25) is 4.79 Å². The van der Waals surface area contributed by atoms with Crippen molar-refractivity contribution < 1.29 is 4.79 Å². The minimum Gasteiger partial charge on any atom is -0.344 e. The van der Waals surface area contributed by atoms with Crippen LogP contribution >= 0.6 is 0 Å². The van der Waals surface area contributed by atoms with Crippen LogP contribution in [-0.2, 0) is 4.79 Å². The minimum atomic E-state index is 0.193. The highest BCUT2D eigenvalue weighted by atomic mass is 16.2. The van der Waals surface area contributed by atoms with Crippen LogP contribution in [0.15, 0.2) is 6.20 Å². The summed E-state index contributed by atoms with van der Waals surface area (Å²) in [7, 11) is 0. The highest BCUT2D eigenvalue weighted by Gasteiger charge is 2.34. The molecule has 1 aromatic rings. The second kappa shape index (κ2) is 11.8. The zero-order chi connectivity index (χ0) is 20.5. The first-order valence-corrected chi connectivity index (χ1v) is 12.6. The van der Waals surface area contributed by atoms with Crippen LogP contribution in [-0.4, -0.2) is 27.3 Å². The Bertz CT molecular complexity index is 601. The van der Waals surface area contributed by atoms with Gasteiger partial charge in [0.15, 0.2) is 0 Å². The molecule has 2 aliphatic rings. The molecule has 2 heterocycles. The van der Waals surface area contributed by atoms with Gasteiger partial charge >= 0.3 is 0 Å². The lowest BCUT2D eigenvalue weighted by atomic mass is 9.96. The molecule has 0 radical (unpaired) electrons. The number of likely N-dealkylation sites (tertiary alicyclic amines) is 1. The zero-order valence-electron chi connectivity index (χ0n) is 18.9. The molecule has 1 aliphatic heterocycles. The number of nitrogens with one attached hydrogen (secondary N) is 1. The SMILES string of the molecule is CCCCCC(CC)C(=O)N1CCCC1c1cnc(C2CCCCCCCC2)[nH]1. The first-order chi connectivity index (χ1) is 14.2. The predicted octanol–water partition coefficient (Wildman–Crippen LogP) is 6.90. The second-order valence-electron chi connectivity index (χ2n) is 9.41. The Morgan fingerprint density at radius 1 is 1.07 bits per heavy atom. The Morgan fingerprint density at radius 3 is 2.48 bits per heavy atom. The molecule has 4 heteroatoms. The highest BCUT2D eigenvalue weighted by Crippen LogP contribution is 2.35. The van der Waals surface area contributed by atoms with Gasteiger partial charge in [0.05, 0.1) is 17.9 Å². The van der Waals surface area contributed by atoms with Gasteiger partial charge in [-0.05, 0) is 38.5 Å². The van der Waals surface area contributed by atoms with E-state index in [1.54, 1.807) is 0 Å². The lowest BCUT2D eigenvalue weighted by Gasteiger charge is -2.28. The monoisotopic (exact) mass is 401 g/mol. The molecule has 1 amide bonds. The number of hydrogen-bond donors (Lipinski definition) is 1. The first kappa shape index (κ1) is 22.4. The van der Waals surface area contributed by atoms with Gasteiger partial charge in [0.2, 0.25) is 5.91 Å². The van der Waals surface area contributed by atoms with Crippen LogP contribution in [0.1, 0.15) is 134 Å². The Hall–Kier alpha value is -1.32. The zero-order valence-corrected chi connectivity index (χ0v) is 18.9. The average Bonchev–Trinajstić information content (AvgIpc) is 3.41. The number of unbranched alkanes of at least 4 members (excludes halogenated alkanes) is 2. The van der Waals surface area contributed by atoms with Gasteiger partial charge in [0.25, 0.3) is 0 Å². The van der Waals surface area contributed by atoms with Crippen molar-refractivity contribution in [3.63, 3.8) is 0 Å². The molecule has 29 heavy (non-hydrogen) atoms. The molecule has 0 bridgehead atoms. The number of rotatable bonds is 8. The molecule has 2 unspecified atom stereocenters. The number of imidazole rings is 1. The number of aromatic amines is 1. The summed E-state index contributed by atoms with van der Waals surface area (Å²) < 4.78 is 0. The number of hydrogen-bond acceptors (Lipinski definition) is 2. The van der Waals surface area contributed by atoms with E-state index in [1.165, 1.54) is 82.1 Å². The second-order valence-corrected chi connectivity index (χ2v) is 9.41. The summed E-state index contributed by atoms with van der Waals surface area (Å²) in [6.45, 7) is 5.31. The number of nitrogens with zero attached hydrogens (tertiary/aromatic N) is 2. The Balaban J connectivity index is 1.65. The van der Waals surface area contributed by atoms with Crippen molar-refractivity contribution in [3.05, 3.63) is 17.7 Å². The van der Waals surface area contributed by atoms with Gasteiger partial charge in [-0.2, -0.15) is 0 Å². The van der Waals surface area contributed by atoms with E-state index in [1.807, 2.05) is 6.20 Å². The third-order valence-corrected chi connectivity index (χ3v) is 7.25. The van der Waals surface area contributed by atoms with Gasteiger partial charge < -0.3 is 9.88 Å². The van der Waals surface area contributed by atoms with E-state index in [0.29, 0.717) is 11.8 Å². The van der Waals surface area contributed by atoms with Gasteiger partial charge in [-0.25, -0.2) is 4.98 Å². The number of carbonyl (C=O) groups is 1. The highest BCUT2D eigenvalue weighted by molar-refractivity contribution is 5.79.